The monoisotopic (exact) mass is 341 g/mol. The van der Waals surface area contributed by atoms with Crippen LogP contribution in [-0.2, 0) is 4.74 Å². The van der Waals surface area contributed by atoms with Crippen molar-refractivity contribution in [2.45, 2.75) is 31.8 Å². The fourth-order valence-electron chi connectivity index (χ4n) is 3.36. The molecular formula is C19H23N3O3. The lowest BCUT2D eigenvalue weighted by molar-refractivity contribution is 0.0646. The van der Waals surface area contributed by atoms with E-state index in [1.165, 1.54) is 0 Å². The summed E-state index contributed by atoms with van der Waals surface area (Å²) in [4.78, 5) is 21.7. The van der Waals surface area contributed by atoms with E-state index in [2.05, 4.69) is 9.88 Å². The molecule has 2 aliphatic rings. The second kappa shape index (κ2) is 6.88. The number of ether oxygens (including phenoxy) is 1. The summed E-state index contributed by atoms with van der Waals surface area (Å²) in [6.07, 6.45) is 5.46. The fourth-order valence-corrected chi connectivity index (χ4v) is 3.36. The van der Waals surface area contributed by atoms with Gasteiger partial charge < -0.3 is 19.0 Å². The number of anilines is 1. The van der Waals surface area contributed by atoms with Gasteiger partial charge in [0.15, 0.2) is 0 Å². The van der Waals surface area contributed by atoms with Crippen LogP contribution < -0.4 is 4.90 Å². The molecule has 1 amide bonds. The maximum Gasteiger partial charge on any atom is 0.273 e. The topological polar surface area (TPSA) is 58.8 Å². The molecule has 1 aliphatic carbocycles. The van der Waals surface area contributed by atoms with Gasteiger partial charge in [0, 0.05) is 31.0 Å². The molecule has 2 aromatic heterocycles. The average Bonchev–Trinajstić information content (AvgIpc) is 3.34. The zero-order valence-corrected chi connectivity index (χ0v) is 14.4. The van der Waals surface area contributed by atoms with Crippen LogP contribution in [0.3, 0.4) is 0 Å². The molecule has 4 rings (SSSR count). The summed E-state index contributed by atoms with van der Waals surface area (Å²) in [7, 11) is 0. The lowest BCUT2D eigenvalue weighted by Gasteiger charge is -2.30. The quantitative estimate of drug-likeness (QED) is 0.837. The van der Waals surface area contributed by atoms with E-state index in [0.29, 0.717) is 5.69 Å². The second-order valence-corrected chi connectivity index (χ2v) is 6.63. The summed E-state index contributed by atoms with van der Waals surface area (Å²) in [5, 5.41) is 0. The van der Waals surface area contributed by atoms with Crippen molar-refractivity contribution in [3.63, 3.8) is 0 Å². The van der Waals surface area contributed by atoms with Crippen molar-refractivity contribution in [1.29, 1.82) is 0 Å². The molecule has 25 heavy (non-hydrogen) atoms. The summed E-state index contributed by atoms with van der Waals surface area (Å²) < 4.78 is 10.9. The van der Waals surface area contributed by atoms with Crippen LogP contribution in [0.25, 0.3) is 0 Å². The third-order valence-corrected chi connectivity index (χ3v) is 4.89. The summed E-state index contributed by atoms with van der Waals surface area (Å²) >= 11 is 0. The summed E-state index contributed by atoms with van der Waals surface area (Å²) in [5.41, 5.74) is 1.53. The molecule has 0 aromatic carbocycles. The van der Waals surface area contributed by atoms with Crippen LogP contribution in [0.15, 0.2) is 41.1 Å². The predicted molar refractivity (Wildman–Crippen MR) is 93.6 cm³/mol. The van der Waals surface area contributed by atoms with Gasteiger partial charge in [-0.25, -0.2) is 0 Å². The first kappa shape index (κ1) is 16.1. The number of nitrogens with zero attached hydrogens (tertiary/aromatic N) is 3. The van der Waals surface area contributed by atoms with Crippen molar-refractivity contribution >= 4 is 11.6 Å². The second-order valence-electron chi connectivity index (χ2n) is 6.63. The van der Waals surface area contributed by atoms with E-state index in [4.69, 9.17) is 9.15 Å². The van der Waals surface area contributed by atoms with E-state index in [1.54, 1.807) is 12.5 Å². The van der Waals surface area contributed by atoms with Crippen molar-refractivity contribution in [1.82, 2.24) is 9.88 Å². The Morgan fingerprint density at radius 3 is 2.80 bits per heavy atom. The van der Waals surface area contributed by atoms with E-state index in [1.807, 2.05) is 36.1 Å². The van der Waals surface area contributed by atoms with E-state index in [9.17, 15) is 4.79 Å². The summed E-state index contributed by atoms with van der Waals surface area (Å²) in [6, 6.07) is 7.83. The minimum atomic E-state index is -0.0937. The van der Waals surface area contributed by atoms with E-state index in [0.717, 1.165) is 50.6 Å². The van der Waals surface area contributed by atoms with Gasteiger partial charge >= 0.3 is 0 Å². The SMILES string of the molecule is CC(c1ccco1)N(C(=O)c1cc(N2CCOCC2)ccn1)C1CC1. The first-order valence-corrected chi connectivity index (χ1v) is 8.89. The molecule has 1 atom stereocenters. The first-order chi connectivity index (χ1) is 12.2. The van der Waals surface area contributed by atoms with Crippen LogP contribution in [-0.4, -0.2) is 48.1 Å². The third-order valence-electron chi connectivity index (χ3n) is 4.89. The van der Waals surface area contributed by atoms with Gasteiger partial charge in [-0.15, -0.1) is 0 Å². The van der Waals surface area contributed by atoms with Gasteiger partial charge in [0.2, 0.25) is 0 Å². The molecule has 6 heteroatoms. The minimum absolute atomic E-state index is 0.0264. The zero-order valence-electron chi connectivity index (χ0n) is 14.4. The van der Waals surface area contributed by atoms with Crippen molar-refractivity contribution in [3.8, 4) is 0 Å². The molecule has 1 saturated carbocycles. The molecule has 0 radical (unpaired) electrons. The first-order valence-electron chi connectivity index (χ1n) is 8.89. The highest BCUT2D eigenvalue weighted by Crippen LogP contribution is 2.35. The fraction of sp³-hybridized carbons (Fsp3) is 0.474. The molecule has 132 valence electrons. The van der Waals surface area contributed by atoms with Gasteiger partial charge in [0.1, 0.15) is 11.5 Å². The minimum Gasteiger partial charge on any atom is -0.467 e. The van der Waals surface area contributed by atoms with E-state index < -0.39 is 0 Å². The molecule has 0 spiro atoms. The van der Waals surface area contributed by atoms with Crippen LogP contribution in [0, 0.1) is 0 Å². The Morgan fingerprint density at radius 1 is 1.32 bits per heavy atom. The van der Waals surface area contributed by atoms with Gasteiger partial charge in [0.05, 0.1) is 25.5 Å². The Labute approximate surface area is 147 Å². The highest BCUT2D eigenvalue weighted by atomic mass is 16.5. The Balaban J connectivity index is 1.58. The van der Waals surface area contributed by atoms with Crippen LogP contribution in [0.2, 0.25) is 0 Å². The number of furan rings is 1. The third kappa shape index (κ3) is 3.39. The smallest absolute Gasteiger partial charge is 0.273 e. The van der Waals surface area contributed by atoms with Crippen molar-refractivity contribution in [2.75, 3.05) is 31.2 Å². The summed E-state index contributed by atoms with van der Waals surface area (Å²) in [5.74, 6) is 0.783. The molecule has 0 N–H and O–H groups in total. The normalized spacial score (nSPS) is 18.8. The number of carbonyl (C=O) groups is 1. The molecule has 6 nitrogen and oxygen atoms in total. The maximum absolute atomic E-state index is 13.2. The van der Waals surface area contributed by atoms with Crippen LogP contribution in [0.4, 0.5) is 5.69 Å². The highest BCUT2D eigenvalue weighted by molar-refractivity contribution is 5.93. The van der Waals surface area contributed by atoms with Crippen molar-refractivity contribution in [2.24, 2.45) is 0 Å². The molecule has 3 heterocycles. The van der Waals surface area contributed by atoms with E-state index >= 15 is 0 Å². The van der Waals surface area contributed by atoms with Gasteiger partial charge in [0.25, 0.3) is 5.91 Å². The number of aromatic nitrogens is 1. The average molecular weight is 341 g/mol. The van der Waals surface area contributed by atoms with Crippen LogP contribution in [0.5, 0.6) is 0 Å². The Hall–Kier alpha value is -2.34. The lowest BCUT2D eigenvalue weighted by Crippen LogP contribution is -2.37. The lowest BCUT2D eigenvalue weighted by atomic mass is 10.1. The van der Waals surface area contributed by atoms with Crippen molar-refractivity contribution in [3.05, 3.63) is 48.2 Å². The largest absolute Gasteiger partial charge is 0.467 e. The Bertz CT molecular complexity index is 721. The molecule has 2 aromatic rings. The van der Waals surface area contributed by atoms with Gasteiger partial charge in [-0.1, -0.05) is 0 Å². The predicted octanol–water partition coefficient (Wildman–Crippen LogP) is 2.88. The molecule has 0 bridgehead atoms. The Kier molecular flexibility index (Phi) is 4.44. The number of carbonyl (C=O) groups excluding carboxylic acids is 1. The van der Waals surface area contributed by atoms with Crippen LogP contribution >= 0.6 is 0 Å². The molecule has 1 unspecified atom stereocenters. The number of morpholine rings is 1. The maximum atomic E-state index is 13.2. The summed E-state index contributed by atoms with van der Waals surface area (Å²) in [6.45, 7) is 5.13. The number of amides is 1. The standard InChI is InChI=1S/C19H23N3O3/c1-14(18-3-2-10-25-18)22(15-4-5-15)19(23)17-13-16(6-7-20-17)21-8-11-24-12-9-21/h2-3,6-7,10,13-15H,4-5,8-9,11-12H2,1H3. The molecule has 1 saturated heterocycles. The molecule has 2 fully saturated rings. The highest BCUT2D eigenvalue weighted by Gasteiger charge is 2.38. The van der Waals surface area contributed by atoms with Gasteiger partial charge in [-0.3, -0.25) is 9.78 Å². The van der Waals surface area contributed by atoms with Crippen molar-refractivity contribution < 1.29 is 13.9 Å². The number of rotatable bonds is 5. The number of hydrogen-bond acceptors (Lipinski definition) is 5. The zero-order chi connectivity index (χ0) is 17.2. The van der Waals surface area contributed by atoms with Gasteiger partial charge in [-0.05, 0) is 44.0 Å². The molecular weight excluding hydrogens is 318 g/mol. The number of hydrogen-bond donors (Lipinski definition) is 0. The number of pyridine rings is 1. The van der Waals surface area contributed by atoms with E-state index in [-0.39, 0.29) is 18.0 Å². The van der Waals surface area contributed by atoms with Gasteiger partial charge in [-0.2, -0.15) is 0 Å². The Morgan fingerprint density at radius 2 is 2.12 bits per heavy atom. The molecule has 1 aliphatic heterocycles. The van der Waals surface area contributed by atoms with Crippen LogP contribution in [0.1, 0.15) is 42.1 Å².